The molecular weight excluding hydrogens is 298 g/mol. The van der Waals surface area contributed by atoms with Gasteiger partial charge in [-0.15, -0.1) is 12.4 Å². The van der Waals surface area contributed by atoms with Gasteiger partial charge in [0.25, 0.3) is 0 Å². The van der Waals surface area contributed by atoms with Crippen LogP contribution in [0.15, 0.2) is 18.2 Å². The minimum Gasteiger partial charge on any atom is -0.341 e. The molecule has 1 aliphatic rings. The van der Waals surface area contributed by atoms with E-state index >= 15 is 0 Å². The summed E-state index contributed by atoms with van der Waals surface area (Å²) in [5.41, 5.74) is -0.113. The second-order valence-corrected chi connectivity index (χ2v) is 5.74. The van der Waals surface area contributed by atoms with E-state index in [1.54, 1.807) is 7.05 Å². The molecular formula is C15H21ClF2N2O. The molecule has 1 aromatic rings. The zero-order chi connectivity index (χ0) is 14.8. The first kappa shape index (κ1) is 17.9. The van der Waals surface area contributed by atoms with Crippen molar-refractivity contribution >= 4 is 18.3 Å². The van der Waals surface area contributed by atoms with Crippen molar-refractivity contribution in [2.24, 2.45) is 5.41 Å². The van der Waals surface area contributed by atoms with Gasteiger partial charge in [0.2, 0.25) is 5.91 Å². The molecule has 0 radical (unpaired) electrons. The van der Waals surface area contributed by atoms with Crippen LogP contribution in [0.4, 0.5) is 8.78 Å². The quantitative estimate of drug-likeness (QED) is 0.929. The van der Waals surface area contributed by atoms with Gasteiger partial charge in [0, 0.05) is 31.8 Å². The fraction of sp³-hybridized carbons (Fsp3) is 0.533. The summed E-state index contributed by atoms with van der Waals surface area (Å²) in [6, 6.07) is 3.44. The third-order valence-electron chi connectivity index (χ3n) is 3.88. The van der Waals surface area contributed by atoms with Crippen molar-refractivity contribution in [2.75, 3.05) is 20.1 Å². The highest BCUT2D eigenvalue weighted by molar-refractivity contribution is 5.85. The van der Waals surface area contributed by atoms with E-state index in [4.69, 9.17) is 0 Å². The topological polar surface area (TPSA) is 32.3 Å². The molecule has 0 aromatic heterocycles. The Hall–Kier alpha value is -1.20. The average Bonchev–Trinajstić information content (AvgIpc) is 2.42. The van der Waals surface area contributed by atoms with Crippen LogP contribution in [0.1, 0.15) is 25.3 Å². The summed E-state index contributed by atoms with van der Waals surface area (Å²) in [5, 5.41) is 3.22. The van der Waals surface area contributed by atoms with E-state index < -0.39 is 17.0 Å². The number of hydrogen-bond donors (Lipinski definition) is 1. The second kappa shape index (κ2) is 7.18. The van der Waals surface area contributed by atoms with Gasteiger partial charge in [-0.25, -0.2) is 8.78 Å². The van der Waals surface area contributed by atoms with Gasteiger partial charge in [-0.2, -0.15) is 0 Å². The molecule has 118 valence electrons. The van der Waals surface area contributed by atoms with Crippen LogP contribution >= 0.6 is 12.4 Å². The van der Waals surface area contributed by atoms with E-state index in [2.05, 4.69) is 5.32 Å². The molecule has 1 unspecified atom stereocenters. The number of hydrogen-bond acceptors (Lipinski definition) is 2. The lowest BCUT2D eigenvalue weighted by Gasteiger charge is -2.36. The first-order valence-electron chi connectivity index (χ1n) is 6.82. The van der Waals surface area contributed by atoms with E-state index in [9.17, 15) is 13.6 Å². The predicted octanol–water partition coefficient (Wildman–Crippen LogP) is 2.73. The number of carbonyl (C=O) groups excluding carboxylic acids is 1. The summed E-state index contributed by atoms with van der Waals surface area (Å²) in [6.45, 7) is 3.65. The van der Waals surface area contributed by atoms with E-state index in [1.807, 2.05) is 6.92 Å². The highest BCUT2D eigenvalue weighted by Gasteiger charge is 2.36. The Morgan fingerprint density at radius 1 is 1.43 bits per heavy atom. The van der Waals surface area contributed by atoms with Crippen LogP contribution in [0, 0.1) is 17.0 Å². The molecule has 2 rings (SSSR count). The molecule has 3 nitrogen and oxygen atoms in total. The standard InChI is InChI=1S/C15H20F2N2O.ClH/c1-15(6-3-7-18-10-15)14(20)19(2)9-11-4-5-12(16)8-13(11)17;/h4-5,8,18H,3,6-7,9-10H2,1-2H3;1H. The number of nitrogens with zero attached hydrogens (tertiary/aromatic N) is 1. The number of benzene rings is 1. The van der Waals surface area contributed by atoms with Gasteiger partial charge in [-0.05, 0) is 32.4 Å². The van der Waals surface area contributed by atoms with Crippen molar-refractivity contribution in [3.8, 4) is 0 Å². The molecule has 1 N–H and O–H groups in total. The van der Waals surface area contributed by atoms with E-state index in [0.29, 0.717) is 12.1 Å². The predicted molar refractivity (Wildman–Crippen MR) is 80.3 cm³/mol. The monoisotopic (exact) mass is 318 g/mol. The smallest absolute Gasteiger partial charge is 0.229 e. The number of nitrogens with one attached hydrogen (secondary N) is 1. The van der Waals surface area contributed by atoms with Gasteiger partial charge < -0.3 is 10.2 Å². The normalized spacial score (nSPS) is 21.5. The highest BCUT2D eigenvalue weighted by Crippen LogP contribution is 2.28. The van der Waals surface area contributed by atoms with Gasteiger partial charge in [-0.1, -0.05) is 6.07 Å². The molecule has 1 saturated heterocycles. The van der Waals surface area contributed by atoms with Crippen LogP contribution in [0.2, 0.25) is 0 Å². The van der Waals surface area contributed by atoms with Crippen LogP contribution in [-0.4, -0.2) is 30.9 Å². The summed E-state index contributed by atoms with van der Waals surface area (Å²) in [7, 11) is 1.66. The van der Waals surface area contributed by atoms with Crippen molar-refractivity contribution in [3.63, 3.8) is 0 Å². The molecule has 1 amide bonds. The Labute approximate surface area is 130 Å². The molecule has 0 aliphatic carbocycles. The second-order valence-electron chi connectivity index (χ2n) is 5.74. The maximum atomic E-state index is 13.6. The maximum Gasteiger partial charge on any atom is 0.229 e. The van der Waals surface area contributed by atoms with E-state index in [0.717, 1.165) is 25.5 Å². The Bertz CT molecular complexity index is 504. The van der Waals surface area contributed by atoms with Gasteiger partial charge in [0.1, 0.15) is 11.6 Å². The maximum absolute atomic E-state index is 13.6. The number of piperidine rings is 1. The Kier molecular flexibility index (Phi) is 6.10. The van der Waals surface area contributed by atoms with Crippen LogP contribution in [0.5, 0.6) is 0 Å². The highest BCUT2D eigenvalue weighted by atomic mass is 35.5. The van der Waals surface area contributed by atoms with Crippen molar-refractivity contribution in [2.45, 2.75) is 26.3 Å². The summed E-state index contributed by atoms with van der Waals surface area (Å²) in [5.74, 6) is -1.23. The molecule has 21 heavy (non-hydrogen) atoms. The summed E-state index contributed by atoms with van der Waals surface area (Å²) < 4.78 is 26.5. The molecule has 0 bridgehead atoms. The van der Waals surface area contributed by atoms with E-state index in [1.165, 1.54) is 17.0 Å². The molecule has 1 aliphatic heterocycles. The van der Waals surface area contributed by atoms with Gasteiger partial charge in [-0.3, -0.25) is 4.79 Å². The zero-order valence-corrected chi connectivity index (χ0v) is 13.1. The molecule has 1 aromatic carbocycles. The first-order chi connectivity index (χ1) is 9.42. The number of carbonyl (C=O) groups is 1. The fourth-order valence-corrected chi connectivity index (χ4v) is 2.68. The average molecular weight is 319 g/mol. The van der Waals surface area contributed by atoms with Crippen molar-refractivity contribution in [1.82, 2.24) is 10.2 Å². The first-order valence-corrected chi connectivity index (χ1v) is 6.82. The molecule has 1 atom stereocenters. The Balaban J connectivity index is 0.00000220. The van der Waals surface area contributed by atoms with Crippen LogP contribution in [-0.2, 0) is 11.3 Å². The van der Waals surface area contributed by atoms with E-state index in [-0.39, 0.29) is 24.9 Å². The summed E-state index contributed by atoms with van der Waals surface area (Å²) in [4.78, 5) is 14.0. The minimum atomic E-state index is -0.614. The largest absolute Gasteiger partial charge is 0.341 e. The molecule has 0 spiro atoms. The SMILES string of the molecule is CN(Cc1ccc(F)cc1F)C(=O)C1(C)CCCNC1.Cl. The van der Waals surface area contributed by atoms with Crippen LogP contribution in [0.25, 0.3) is 0 Å². The third-order valence-corrected chi connectivity index (χ3v) is 3.88. The van der Waals surface area contributed by atoms with Gasteiger partial charge in [0.05, 0.1) is 5.41 Å². The lowest BCUT2D eigenvalue weighted by atomic mass is 9.81. The van der Waals surface area contributed by atoms with Gasteiger partial charge >= 0.3 is 0 Å². The summed E-state index contributed by atoms with van der Waals surface area (Å²) in [6.07, 6.45) is 1.79. The Morgan fingerprint density at radius 2 is 2.14 bits per heavy atom. The number of halogens is 3. The summed E-state index contributed by atoms with van der Waals surface area (Å²) >= 11 is 0. The third kappa shape index (κ3) is 4.14. The van der Waals surface area contributed by atoms with Crippen molar-refractivity contribution < 1.29 is 13.6 Å². The molecule has 1 fully saturated rings. The number of rotatable bonds is 3. The van der Waals surface area contributed by atoms with Crippen LogP contribution in [0.3, 0.4) is 0 Å². The zero-order valence-electron chi connectivity index (χ0n) is 12.3. The van der Waals surface area contributed by atoms with Crippen molar-refractivity contribution in [3.05, 3.63) is 35.4 Å². The lowest BCUT2D eigenvalue weighted by molar-refractivity contribution is -0.141. The minimum absolute atomic E-state index is 0. The molecule has 6 heteroatoms. The van der Waals surface area contributed by atoms with Crippen molar-refractivity contribution in [1.29, 1.82) is 0 Å². The fourth-order valence-electron chi connectivity index (χ4n) is 2.68. The Morgan fingerprint density at radius 3 is 2.71 bits per heavy atom. The van der Waals surface area contributed by atoms with Gasteiger partial charge in [0.15, 0.2) is 0 Å². The lowest BCUT2D eigenvalue weighted by Crippen LogP contribution is -2.49. The molecule has 1 heterocycles. The number of amides is 1. The van der Waals surface area contributed by atoms with Crippen LogP contribution < -0.4 is 5.32 Å². The molecule has 0 saturated carbocycles.